The SMILES string of the molecule is CC(=O)N[C@H]1O[C@@H](CO)[C@H](O)[C@@H](O[C@@H]2O[C@H](CO)[C@H](O)[C@H](O)[C@H]2O)[C@@H]1O. The second-order valence-corrected chi connectivity index (χ2v) is 6.26. The largest absolute Gasteiger partial charge is 0.394 e. The summed E-state index contributed by atoms with van der Waals surface area (Å²) < 4.78 is 15.7. The minimum Gasteiger partial charge on any atom is -0.394 e. The smallest absolute Gasteiger partial charge is 0.218 e. The molecular formula is C14H25NO11. The molecule has 8 N–H and O–H groups in total. The third kappa shape index (κ3) is 4.31. The highest BCUT2D eigenvalue weighted by Crippen LogP contribution is 2.28. The van der Waals surface area contributed by atoms with Gasteiger partial charge in [-0.2, -0.15) is 0 Å². The molecule has 26 heavy (non-hydrogen) atoms. The van der Waals surface area contributed by atoms with Gasteiger partial charge in [-0.1, -0.05) is 0 Å². The summed E-state index contributed by atoms with van der Waals surface area (Å²) in [6, 6.07) is 0. The van der Waals surface area contributed by atoms with E-state index in [1.165, 1.54) is 6.92 Å². The number of ether oxygens (including phenoxy) is 3. The topological polar surface area (TPSA) is 198 Å². The van der Waals surface area contributed by atoms with Gasteiger partial charge in [-0.15, -0.1) is 0 Å². The molecule has 0 aromatic rings. The standard InChI is InChI=1S/C14H25NO11/c1-4(18)15-13-11(23)12(8(20)6(3-17)24-13)26-14-10(22)9(21)7(19)5(2-16)25-14/h5-14,16-17,19-23H,2-3H2,1H3,(H,15,18)/t5-,6+,7+,8+,9+,10-,11+,12-,13+,14+/m1/s1. The van der Waals surface area contributed by atoms with Crippen molar-refractivity contribution < 1.29 is 54.8 Å². The first-order valence-corrected chi connectivity index (χ1v) is 8.06. The van der Waals surface area contributed by atoms with E-state index in [4.69, 9.17) is 14.2 Å². The predicted octanol–water partition coefficient (Wildman–Crippen LogP) is -5.25. The van der Waals surface area contributed by atoms with E-state index in [2.05, 4.69) is 5.32 Å². The van der Waals surface area contributed by atoms with Crippen LogP contribution >= 0.6 is 0 Å². The van der Waals surface area contributed by atoms with E-state index in [1.54, 1.807) is 0 Å². The van der Waals surface area contributed by atoms with Gasteiger partial charge in [-0.3, -0.25) is 4.79 Å². The van der Waals surface area contributed by atoms with Crippen molar-refractivity contribution in [2.75, 3.05) is 13.2 Å². The number of hydrogen-bond acceptors (Lipinski definition) is 11. The van der Waals surface area contributed by atoms with E-state index in [9.17, 15) is 40.5 Å². The quantitative estimate of drug-likeness (QED) is 0.226. The van der Waals surface area contributed by atoms with Crippen LogP contribution in [0.5, 0.6) is 0 Å². The zero-order valence-electron chi connectivity index (χ0n) is 14.0. The molecule has 2 saturated heterocycles. The maximum atomic E-state index is 11.2. The summed E-state index contributed by atoms with van der Waals surface area (Å²) >= 11 is 0. The van der Waals surface area contributed by atoms with E-state index in [0.717, 1.165) is 0 Å². The lowest BCUT2D eigenvalue weighted by atomic mass is 9.96. The summed E-state index contributed by atoms with van der Waals surface area (Å²) in [6.07, 6.45) is -15.1. The molecule has 2 aliphatic rings. The maximum absolute atomic E-state index is 11.2. The van der Waals surface area contributed by atoms with Gasteiger partial charge in [-0.25, -0.2) is 0 Å². The van der Waals surface area contributed by atoms with Crippen molar-refractivity contribution in [3.05, 3.63) is 0 Å². The number of aliphatic hydroxyl groups is 7. The number of hydrogen-bond donors (Lipinski definition) is 8. The summed E-state index contributed by atoms with van der Waals surface area (Å²) in [5.74, 6) is -0.547. The average Bonchev–Trinajstić information content (AvgIpc) is 2.60. The van der Waals surface area contributed by atoms with Crippen LogP contribution in [0.25, 0.3) is 0 Å². The highest BCUT2D eigenvalue weighted by Gasteiger charge is 2.50. The van der Waals surface area contributed by atoms with E-state index in [-0.39, 0.29) is 0 Å². The number of nitrogens with one attached hydrogen (secondary N) is 1. The molecule has 10 atom stereocenters. The van der Waals surface area contributed by atoms with Crippen LogP contribution in [0.3, 0.4) is 0 Å². The number of amides is 1. The van der Waals surface area contributed by atoms with Crippen LogP contribution in [-0.4, -0.2) is 116 Å². The van der Waals surface area contributed by atoms with E-state index < -0.39 is 80.5 Å². The normalized spacial score (nSPS) is 46.8. The molecule has 12 heteroatoms. The van der Waals surface area contributed by atoms with Crippen LogP contribution in [0, 0.1) is 0 Å². The third-order valence-electron chi connectivity index (χ3n) is 4.35. The summed E-state index contributed by atoms with van der Waals surface area (Å²) in [6.45, 7) is -0.168. The minimum absolute atomic E-state index is 0.547. The third-order valence-corrected chi connectivity index (χ3v) is 4.35. The van der Waals surface area contributed by atoms with Gasteiger partial charge in [0.15, 0.2) is 12.5 Å². The molecule has 0 unspecified atom stereocenters. The van der Waals surface area contributed by atoms with E-state index >= 15 is 0 Å². The lowest BCUT2D eigenvalue weighted by Crippen LogP contribution is -2.66. The van der Waals surface area contributed by atoms with Crippen LogP contribution in [0.15, 0.2) is 0 Å². The summed E-state index contributed by atoms with van der Waals surface area (Å²) in [4.78, 5) is 11.2. The molecule has 12 nitrogen and oxygen atoms in total. The van der Waals surface area contributed by atoms with Crippen molar-refractivity contribution in [1.29, 1.82) is 0 Å². The van der Waals surface area contributed by atoms with Gasteiger partial charge >= 0.3 is 0 Å². The first-order valence-electron chi connectivity index (χ1n) is 8.06. The monoisotopic (exact) mass is 383 g/mol. The van der Waals surface area contributed by atoms with Crippen molar-refractivity contribution in [1.82, 2.24) is 5.32 Å². The molecule has 0 saturated carbocycles. The molecule has 2 fully saturated rings. The number of rotatable bonds is 5. The lowest BCUT2D eigenvalue weighted by Gasteiger charge is -2.46. The lowest BCUT2D eigenvalue weighted by molar-refractivity contribution is -0.342. The van der Waals surface area contributed by atoms with Crippen molar-refractivity contribution >= 4 is 5.91 Å². The maximum Gasteiger partial charge on any atom is 0.218 e. The Morgan fingerprint density at radius 2 is 1.46 bits per heavy atom. The summed E-state index contributed by atoms with van der Waals surface area (Å²) in [5, 5.41) is 70.9. The van der Waals surface area contributed by atoms with Crippen LogP contribution in [0.1, 0.15) is 6.92 Å². The van der Waals surface area contributed by atoms with Gasteiger partial charge < -0.3 is 55.3 Å². The summed E-state index contributed by atoms with van der Waals surface area (Å²) in [5.41, 5.74) is 0. The van der Waals surface area contributed by atoms with Crippen LogP contribution in [-0.2, 0) is 19.0 Å². The predicted molar refractivity (Wildman–Crippen MR) is 80.2 cm³/mol. The Morgan fingerprint density at radius 1 is 0.885 bits per heavy atom. The molecule has 0 aromatic carbocycles. The molecule has 0 aromatic heterocycles. The van der Waals surface area contributed by atoms with Crippen LogP contribution in [0.2, 0.25) is 0 Å². The second-order valence-electron chi connectivity index (χ2n) is 6.26. The average molecular weight is 383 g/mol. The second kappa shape index (κ2) is 8.84. The Labute approximate surface area is 148 Å². The highest BCUT2D eigenvalue weighted by molar-refractivity contribution is 5.73. The molecule has 0 spiro atoms. The fourth-order valence-electron chi connectivity index (χ4n) is 2.90. The van der Waals surface area contributed by atoms with Crippen molar-refractivity contribution in [2.45, 2.75) is 68.3 Å². The van der Waals surface area contributed by atoms with E-state index in [1.807, 2.05) is 0 Å². The molecular weight excluding hydrogens is 358 g/mol. The van der Waals surface area contributed by atoms with Crippen molar-refractivity contribution in [2.24, 2.45) is 0 Å². The first-order chi connectivity index (χ1) is 12.2. The Kier molecular flexibility index (Phi) is 7.27. The van der Waals surface area contributed by atoms with Gasteiger partial charge in [0.05, 0.1) is 13.2 Å². The Balaban J connectivity index is 2.16. The number of carbonyl (C=O) groups is 1. The zero-order chi connectivity index (χ0) is 19.6. The van der Waals surface area contributed by atoms with Crippen LogP contribution < -0.4 is 5.32 Å². The van der Waals surface area contributed by atoms with Gasteiger partial charge in [0, 0.05) is 6.92 Å². The molecule has 0 bridgehead atoms. The van der Waals surface area contributed by atoms with Crippen molar-refractivity contribution in [3.8, 4) is 0 Å². The first kappa shape index (κ1) is 21.4. The van der Waals surface area contributed by atoms with Gasteiger partial charge in [0.25, 0.3) is 0 Å². The highest BCUT2D eigenvalue weighted by atomic mass is 16.7. The zero-order valence-corrected chi connectivity index (χ0v) is 14.0. The molecule has 2 heterocycles. The van der Waals surface area contributed by atoms with E-state index in [0.29, 0.717) is 0 Å². The molecule has 2 aliphatic heterocycles. The van der Waals surface area contributed by atoms with Gasteiger partial charge in [0.1, 0.15) is 48.8 Å². The Morgan fingerprint density at radius 3 is 2.00 bits per heavy atom. The van der Waals surface area contributed by atoms with Gasteiger partial charge in [-0.05, 0) is 0 Å². The molecule has 1 amide bonds. The minimum atomic E-state index is -1.75. The van der Waals surface area contributed by atoms with Gasteiger partial charge in [0.2, 0.25) is 5.91 Å². The molecule has 152 valence electrons. The Bertz CT molecular complexity index is 478. The fourth-order valence-corrected chi connectivity index (χ4v) is 2.90. The number of aliphatic hydroxyl groups excluding tert-OH is 7. The summed E-state index contributed by atoms with van der Waals surface area (Å²) in [7, 11) is 0. The Hall–Kier alpha value is -0.930. The van der Waals surface area contributed by atoms with Crippen molar-refractivity contribution in [3.63, 3.8) is 0 Å². The fraction of sp³-hybridized carbons (Fsp3) is 0.929. The molecule has 0 aliphatic carbocycles. The number of carbonyl (C=O) groups excluding carboxylic acids is 1. The molecule has 2 rings (SSSR count). The van der Waals surface area contributed by atoms with Crippen LogP contribution in [0.4, 0.5) is 0 Å². The molecule has 0 radical (unpaired) electrons.